The van der Waals surface area contributed by atoms with Gasteiger partial charge in [-0.05, 0) is 37.3 Å². The van der Waals surface area contributed by atoms with Crippen LogP contribution in [0.5, 0.6) is 0 Å². The first kappa shape index (κ1) is 30.6. The first-order valence-electron chi connectivity index (χ1n) is 13.8. The molecule has 2 unspecified atom stereocenters. The van der Waals surface area contributed by atoms with Crippen molar-refractivity contribution < 1.29 is 32.0 Å². The van der Waals surface area contributed by atoms with Gasteiger partial charge in [0, 0.05) is 44.8 Å². The molecule has 0 aliphatic carbocycles. The van der Waals surface area contributed by atoms with Gasteiger partial charge in [0.15, 0.2) is 5.67 Å². The van der Waals surface area contributed by atoms with Crippen LogP contribution in [0, 0.1) is 28.9 Å². The topological polar surface area (TPSA) is 135 Å². The summed E-state index contributed by atoms with van der Waals surface area (Å²) in [6, 6.07) is 2.62. The second-order valence-corrected chi connectivity index (χ2v) is 13.3. The summed E-state index contributed by atoms with van der Waals surface area (Å²) in [6.45, 7) is 8.30. The van der Waals surface area contributed by atoms with Crippen LogP contribution in [0.15, 0.2) is 17.0 Å². The van der Waals surface area contributed by atoms with Crippen LogP contribution in [0.2, 0.25) is 0 Å². The molecule has 12 nitrogen and oxygen atoms in total. The van der Waals surface area contributed by atoms with E-state index >= 15 is 4.39 Å². The van der Waals surface area contributed by atoms with E-state index in [2.05, 4.69) is 19.2 Å². The largest absolute Gasteiger partial charge is 0.376 e. The van der Waals surface area contributed by atoms with Crippen molar-refractivity contribution in [1.29, 1.82) is 0 Å². The Morgan fingerprint density at radius 1 is 1.12 bits per heavy atom. The lowest BCUT2D eigenvalue weighted by atomic mass is 9.92. The van der Waals surface area contributed by atoms with E-state index in [9.17, 15) is 23.3 Å². The third-order valence-electron chi connectivity index (χ3n) is 7.78. The number of alkyl halides is 1. The predicted octanol–water partition coefficient (Wildman–Crippen LogP) is 1.88. The molecule has 3 heterocycles. The van der Waals surface area contributed by atoms with Crippen LogP contribution in [-0.4, -0.2) is 118 Å². The van der Waals surface area contributed by atoms with Crippen LogP contribution >= 0.6 is 0 Å². The van der Waals surface area contributed by atoms with Gasteiger partial charge in [-0.15, -0.1) is 0 Å². The maximum Gasteiger partial charge on any atom is 0.296 e. The maximum absolute atomic E-state index is 15.1. The molecular formula is C26H40FN5O7S. The first-order valence-corrected chi connectivity index (χ1v) is 15.2. The number of halogens is 1. The van der Waals surface area contributed by atoms with Crippen LogP contribution in [-0.2, 0) is 24.3 Å². The Morgan fingerprint density at radius 2 is 1.73 bits per heavy atom. The van der Waals surface area contributed by atoms with Crippen molar-refractivity contribution in [2.45, 2.75) is 37.8 Å². The molecule has 40 heavy (non-hydrogen) atoms. The van der Waals surface area contributed by atoms with Gasteiger partial charge < -0.3 is 19.7 Å². The van der Waals surface area contributed by atoms with Crippen LogP contribution in [0.1, 0.15) is 25.8 Å². The maximum atomic E-state index is 15.1. The summed E-state index contributed by atoms with van der Waals surface area (Å²) in [4.78, 5) is 27.9. The van der Waals surface area contributed by atoms with Gasteiger partial charge in [0.1, 0.15) is 5.69 Å². The van der Waals surface area contributed by atoms with E-state index in [0.29, 0.717) is 24.9 Å². The highest BCUT2D eigenvalue weighted by atomic mass is 32.2. The zero-order valence-corrected chi connectivity index (χ0v) is 24.3. The Balaban J connectivity index is 1.41. The molecule has 0 saturated carbocycles. The minimum absolute atomic E-state index is 0.0207. The van der Waals surface area contributed by atoms with E-state index in [0.717, 1.165) is 19.5 Å². The van der Waals surface area contributed by atoms with Crippen molar-refractivity contribution in [2.24, 2.45) is 11.8 Å². The van der Waals surface area contributed by atoms with E-state index in [4.69, 9.17) is 9.47 Å². The number of nitro groups is 1. The number of hydrogen-bond donors (Lipinski definition) is 1. The number of likely N-dealkylation sites (tertiary alicyclic amines) is 1. The van der Waals surface area contributed by atoms with Crippen molar-refractivity contribution in [3.8, 4) is 0 Å². The highest BCUT2D eigenvalue weighted by molar-refractivity contribution is 7.89. The number of piperazine rings is 1. The molecule has 0 aromatic heterocycles. The zero-order valence-electron chi connectivity index (χ0n) is 23.4. The Kier molecular flexibility index (Phi) is 9.66. The molecule has 1 aromatic rings. The van der Waals surface area contributed by atoms with Gasteiger partial charge in [0.05, 0.1) is 49.3 Å². The first-order chi connectivity index (χ1) is 18.9. The Morgan fingerprint density at radius 3 is 2.30 bits per heavy atom. The van der Waals surface area contributed by atoms with Gasteiger partial charge in [-0.1, -0.05) is 13.8 Å². The second-order valence-electron chi connectivity index (χ2n) is 11.4. The number of nitrogens with zero attached hydrogens (tertiary/aromatic N) is 4. The number of hydrogen-bond acceptors (Lipinski definition) is 9. The molecule has 4 rings (SSSR count). The molecule has 1 aromatic carbocycles. The van der Waals surface area contributed by atoms with E-state index in [1.165, 1.54) is 23.4 Å². The number of sulfonamides is 1. The lowest BCUT2D eigenvalue weighted by Crippen LogP contribution is -2.53. The second kappa shape index (κ2) is 12.6. The summed E-state index contributed by atoms with van der Waals surface area (Å²) in [5.41, 5.74) is -2.31. The summed E-state index contributed by atoms with van der Waals surface area (Å²) in [5, 5.41) is 14.7. The summed E-state index contributed by atoms with van der Waals surface area (Å²) in [5.74, 6) is 0.976. The molecule has 1 N–H and O–H groups in total. The number of anilines is 1. The van der Waals surface area contributed by atoms with Crippen molar-refractivity contribution >= 4 is 27.3 Å². The number of ether oxygens (including phenoxy) is 2. The fourth-order valence-electron chi connectivity index (χ4n) is 5.79. The number of nitro benzene ring substituents is 1. The Hall–Kier alpha value is -2.39. The van der Waals surface area contributed by atoms with Crippen LogP contribution in [0.3, 0.4) is 0 Å². The Labute approximate surface area is 235 Å². The minimum atomic E-state index is -4.04. The van der Waals surface area contributed by atoms with Crippen molar-refractivity contribution in [2.75, 3.05) is 84.1 Å². The SMILES string of the molecule is Cc1c(S(=O)(=O)N2CCN(CC(=O)N3CC(C)CC(C)C3)CC2)ccc(NCC2(F)COCCOC2)c1[N+](=O)[O-]. The van der Waals surface area contributed by atoms with Gasteiger partial charge in [-0.2, -0.15) is 4.31 Å². The average Bonchev–Trinajstić information content (AvgIpc) is 3.11. The molecule has 14 heteroatoms. The lowest BCUT2D eigenvalue weighted by molar-refractivity contribution is -0.384. The molecule has 2 atom stereocenters. The molecule has 3 aliphatic rings. The standard InChI is InChI=1S/C26H40FN5O7S/c1-19-12-20(2)14-30(13-19)24(33)15-29-6-8-31(9-7-29)40(36,37)23-5-4-22(25(21(23)3)32(34)35)28-16-26(27)17-38-10-11-39-18-26/h4-5,19-20,28H,6-18H2,1-3H3. The third-order valence-corrected chi connectivity index (χ3v) is 9.83. The summed E-state index contributed by atoms with van der Waals surface area (Å²) in [6.07, 6.45) is 1.11. The van der Waals surface area contributed by atoms with Crippen molar-refractivity contribution in [1.82, 2.24) is 14.1 Å². The monoisotopic (exact) mass is 585 g/mol. The zero-order chi connectivity index (χ0) is 29.1. The highest BCUT2D eigenvalue weighted by Crippen LogP contribution is 2.35. The number of carbonyl (C=O) groups excluding carboxylic acids is 1. The summed E-state index contributed by atoms with van der Waals surface area (Å²) < 4.78 is 53.9. The number of benzene rings is 1. The van der Waals surface area contributed by atoms with Crippen LogP contribution in [0.4, 0.5) is 15.8 Å². The molecule has 224 valence electrons. The van der Waals surface area contributed by atoms with Crippen LogP contribution < -0.4 is 5.32 Å². The highest BCUT2D eigenvalue weighted by Gasteiger charge is 2.36. The molecule has 0 radical (unpaired) electrons. The molecule has 0 spiro atoms. The van der Waals surface area contributed by atoms with E-state index in [1.54, 1.807) is 0 Å². The van der Waals surface area contributed by atoms with E-state index in [-0.39, 0.29) is 74.7 Å². The van der Waals surface area contributed by atoms with E-state index in [1.807, 2.05) is 9.80 Å². The molecular weight excluding hydrogens is 545 g/mol. The quantitative estimate of drug-likeness (QED) is 0.358. The van der Waals surface area contributed by atoms with Gasteiger partial charge in [-0.25, -0.2) is 12.8 Å². The van der Waals surface area contributed by atoms with Crippen LogP contribution in [0.25, 0.3) is 0 Å². The molecule has 3 fully saturated rings. The number of amides is 1. The molecule has 3 aliphatic heterocycles. The molecule has 1 amide bonds. The number of rotatable bonds is 8. The summed E-state index contributed by atoms with van der Waals surface area (Å²) >= 11 is 0. The van der Waals surface area contributed by atoms with Crippen molar-refractivity contribution in [3.05, 3.63) is 27.8 Å². The molecule has 3 saturated heterocycles. The average molecular weight is 586 g/mol. The predicted molar refractivity (Wildman–Crippen MR) is 147 cm³/mol. The smallest absolute Gasteiger partial charge is 0.296 e. The Bertz CT molecular complexity index is 1170. The van der Waals surface area contributed by atoms with Crippen molar-refractivity contribution in [3.63, 3.8) is 0 Å². The number of carbonyl (C=O) groups is 1. The van der Waals surface area contributed by atoms with Gasteiger partial charge >= 0.3 is 0 Å². The fourth-order valence-corrected chi connectivity index (χ4v) is 7.44. The van der Waals surface area contributed by atoms with Gasteiger partial charge in [-0.3, -0.25) is 19.8 Å². The van der Waals surface area contributed by atoms with Gasteiger partial charge in [0.2, 0.25) is 15.9 Å². The van der Waals surface area contributed by atoms with E-state index < -0.39 is 26.3 Å². The fraction of sp³-hybridized carbons (Fsp3) is 0.731. The normalized spacial score (nSPS) is 24.9. The lowest BCUT2D eigenvalue weighted by Gasteiger charge is -2.38. The van der Waals surface area contributed by atoms with Gasteiger partial charge in [0.25, 0.3) is 5.69 Å². The summed E-state index contributed by atoms with van der Waals surface area (Å²) in [7, 11) is -4.04. The number of piperidine rings is 1. The number of nitrogens with one attached hydrogen (secondary N) is 1. The third kappa shape index (κ3) is 7.08. The minimum Gasteiger partial charge on any atom is -0.376 e. The molecule has 0 bridgehead atoms.